The van der Waals surface area contributed by atoms with E-state index in [4.69, 9.17) is 22.1 Å². The Labute approximate surface area is 112 Å². The van der Waals surface area contributed by atoms with Crippen molar-refractivity contribution >= 4 is 28.8 Å². The number of carbonyl (C=O) groups excluding carboxylic acids is 1. The number of phenolic OH excluding ortho intramolecular Hbond substituents is 1. The number of primary amides is 1. The monoisotopic (exact) mass is 284 g/mol. The molecule has 5 nitrogen and oxygen atoms in total. The third-order valence-corrected chi connectivity index (χ3v) is 3.40. The maximum atomic E-state index is 11.0. The lowest BCUT2D eigenvalue weighted by atomic mass is 10.1. The molecule has 0 atom stereocenters. The zero-order valence-corrected chi connectivity index (χ0v) is 10.9. The van der Waals surface area contributed by atoms with Crippen LogP contribution in [0.5, 0.6) is 11.5 Å². The number of halogens is 1. The molecule has 0 bridgehead atoms. The number of nitrogens with two attached hydrogens (primary N) is 1. The molecule has 3 N–H and O–H groups in total. The van der Waals surface area contributed by atoms with Crippen molar-refractivity contribution in [3.63, 3.8) is 0 Å². The number of rotatable bonds is 3. The molecule has 7 heteroatoms. The van der Waals surface area contributed by atoms with Gasteiger partial charge >= 0.3 is 0 Å². The van der Waals surface area contributed by atoms with Crippen LogP contribution in [0.15, 0.2) is 17.5 Å². The number of amides is 1. The van der Waals surface area contributed by atoms with Gasteiger partial charge in [-0.05, 0) is 12.1 Å². The highest BCUT2D eigenvalue weighted by Gasteiger charge is 2.13. The molecule has 0 saturated heterocycles. The van der Waals surface area contributed by atoms with Crippen LogP contribution in [0, 0.1) is 0 Å². The van der Waals surface area contributed by atoms with Crippen LogP contribution >= 0.6 is 22.9 Å². The molecule has 0 aliphatic carbocycles. The second-order valence-corrected chi connectivity index (χ2v) is 4.68. The van der Waals surface area contributed by atoms with Crippen LogP contribution < -0.4 is 10.5 Å². The number of benzene rings is 1. The molecule has 0 fully saturated rings. The molecule has 2 rings (SSSR count). The van der Waals surface area contributed by atoms with Gasteiger partial charge in [-0.15, -0.1) is 11.3 Å². The highest BCUT2D eigenvalue weighted by molar-refractivity contribution is 7.12. The van der Waals surface area contributed by atoms with Gasteiger partial charge in [0.2, 0.25) is 0 Å². The lowest BCUT2D eigenvalue weighted by Gasteiger charge is -2.07. The molecular formula is C11H9ClN2O3S. The smallest absolute Gasteiger partial charge is 0.277 e. The van der Waals surface area contributed by atoms with Crippen LogP contribution in [0.2, 0.25) is 5.02 Å². The molecule has 1 heterocycles. The summed E-state index contributed by atoms with van der Waals surface area (Å²) in [5.41, 5.74) is 6.32. The zero-order valence-electron chi connectivity index (χ0n) is 9.31. The van der Waals surface area contributed by atoms with Gasteiger partial charge in [-0.2, -0.15) is 0 Å². The van der Waals surface area contributed by atoms with Crippen molar-refractivity contribution in [2.75, 3.05) is 7.11 Å². The second kappa shape index (κ2) is 4.83. The predicted octanol–water partition coefficient (Wildman–Crippen LogP) is 2.28. The SMILES string of the molecule is COc1cc(-c2csc(C(N)=O)n2)cc(Cl)c1O. The summed E-state index contributed by atoms with van der Waals surface area (Å²) in [6, 6.07) is 3.13. The lowest BCUT2D eigenvalue weighted by Crippen LogP contribution is -2.10. The van der Waals surface area contributed by atoms with Crippen molar-refractivity contribution in [1.82, 2.24) is 4.98 Å². The molecule has 2 aromatic rings. The molecule has 18 heavy (non-hydrogen) atoms. The minimum Gasteiger partial charge on any atom is -0.503 e. The molecular weight excluding hydrogens is 276 g/mol. The van der Waals surface area contributed by atoms with Gasteiger partial charge in [-0.1, -0.05) is 11.6 Å². The first-order valence-corrected chi connectivity index (χ1v) is 6.11. The number of aromatic hydroxyl groups is 1. The van der Waals surface area contributed by atoms with Gasteiger partial charge in [0.1, 0.15) is 0 Å². The van der Waals surface area contributed by atoms with Gasteiger partial charge in [-0.25, -0.2) is 4.98 Å². The summed E-state index contributed by atoms with van der Waals surface area (Å²) in [7, 11) is 1.42. The standard InChI is InChI=1S/C11H9ClN2O3S/c1-17-8-3-5(2-6(12)9(8)15)7-4-18-11(14-7)10(13)16/h2-4,15H,1H3,(H2,13,16). The Kier molecular flexibility index (Phi) is 3.40. The number of hydrogen-bond acceptors (Lipinski definition) is 5. The topological polar surface area (TPSA) is 85.4 Å². The first-order chi connectivity index (χ1) is 8.52. The summed E-state index contributed by atoms with van der Waals surface area (Å²) < 4.78 is 4.99. The van der Waals surface area contributed by atoms with Crippen LogP contribution in [0.25, 0.3) is 11.3 Å². The third-order valence-electron chi connectivity index (χ3n) is 2.26. The highest BCUT2D eigenvalue weighted by atomic mass is 35.5. The second-order valence-electron chi connectivity index (χ2n) is 3.41. The minimum absolute atomic E-state index is 0.131. The van der Waals surface area contributed by atoms with Gasteiger partial charge in [0.25, 0.3) is 5.91 Å². The molecule has 0 unspecified atom stereocenters. The van der Waals surface area contributed by atoms with Gasteiger partial charge < -0.3 is 15.6 Å². The van der Waals surface area contributed by atoms with Crippen LogP contribution in [0.1, 0.15) is 9.80 Å². The lowest BCUT2D eigenvalue weighted by molar-refractivity contribution is 0.1000. The number of ether oxygens (including phenoxy) is 1. The third kappa shape index (κ3) is 2.25. The molecule has 1 amide bonds. The van der Waals surface area contributed by atoms with Gasteiger partial charge in [-0.3, -0.25) is 4.79 Å². The molecule has 0 spiro atoms. The van der Waals surface area contributed by atoms with Gasteiger partial charge in [0.05, 0.1) is 17.8 Å². The Morgan fingerprint density at radius 2 is 2.28 bits per heavy atom. The van der Waals surface area contributed by atoms with E-state index >= 15 is 0 Å². The number of carbonyl (C=O) groups is 1. The van der Waals surface area contributed by atoms with E-state index in [1.807, 2.05) is 0 Å². The number of methoxy groups -OCH3 is 1. The quantitative estimate of drug-likeness (QED) is 0.905. The average Bonchev–Trinajstić information content (AvgIpc) is 2.82. The molecule has 0 aliphatic heterocycles. The van der Waals surface area contributed by atoms with E-state index in [2.05, 4.69) is 4.98 Å². The number of phenols is 1. The van der Waals surface area contributed by atoms with Gasteiger partial charge in [0.15, 0.2) is 16.5 Å². The predicted molar refractivity (Wildman–Crippen MR) is 69.3 cm³/mol. The van der Waals surface area contributed by atoms with Gasteiger partial charge in [0, 0.05) is 10.9 Å². The summed E-state index contributed by atoms with van der Waals surface area (Å²) in [6.07, 6.45) is 0. The van der Waals surface area contributed by atoms with Crippen LogP contribution in [0.4, 0.5) is 0 Å². The van der Waals surface area contributed by atoms with Crippen molar-refractivity contribution in [2.45, 2.75) is 0 Å². The summed E-state index contributed by atoms with van der Waals surface area (Å²) >= 11 is 7.01. The van der Waals surface area contributed by atoms with Crippen molar-refractivity contribution in [3.05, 3.63) is 27.5 Å². The Morgan fingerprint density at radius 1 is 1.56 bits per heavy atom. The fraction of sp³-hybridized carbons (Fsp3) is 0.0909. The van der Waals surface area contributed by atoms with Crippen molar-refractivity contribution < 1.29 is 14.6 Å². The Balaban J connectivity index is 2.50. The average molecular weight is 285 g/mol. The maximum Gasteiger partial charge on any atom is 0.277 e. The Bertz CT molecular complexity index is 612. The maximum absolute atomic E-state index is 11.0. The fourth-order valence-corrected chi connectivity index (χ4v) is 2.29. The molecule has 0 radical (unpaired) electrons. The van der Waals surface area contributed by atoms with Crippen LogP contribution in [-0.2, 0) is 0 Å². The summed E-state index contributed by atoms with van der Waals surface area (Å²) in [4.78, 5) is 15.0. The molecule has 1 aromatic carbocycles. The van der Waals surface area contributed by atoms with E-state index in [0.717, 1.165) is 11.3 Å². The molecule has 0 saturated carbocycles. The van der Waals surface area contributed by atoms with E-state index in [0.29, 0.717) is 11.3 Å². The Morgan fingerprint density at radius 3 is 2.83 bits per heavy atom. The Hall–Kier alpha value is -1.79. The molecule has 0 aliphatic rings. The summed E-state index contributed by atoms with van der Waals surface area (Å²) in [6.45, 7) is 0. The first kappa shape index (κ1) is 12.7. The van der Waals surface area contributed by atoms with Crippen molar-refractivity contribution in [3.8, 4) is 22.8 Å². The number of aromatic nitrogens is 1. The summed E-state index contributed by atoms with van der Waals surface area (Å²) in [5, 5.41) is 11.7. The number of nitrogens with zero attached hydrogens (tertiary/aromatic N) is 1. The fourth-order valence-electron chi connectivity index (χ4n) is 1.40. The van der Waals surface area contributed by atoms with E-state index in [-0.39, 0.29) is 21.5 Å². The van der Waals surface area contributed by atoms with E-state index in [1.165, 1.54) is 7.11 Å². The summed E-state index contributed by atoms with van der Waals surface area (Å²) in [5.74, 6) is -0.470. The van der Waals surface area contributed by atoms with Crippen molar-refractivity contribution in [2.24, 2.45) is 5.73 Å². The van der Waals surface area contributed by atoms with Crippen LogP contribution in [-0.4, -0.2) is 23.1 Å². The molecule has 94 valence electrons. The molecule has 1 aromatic heterocycles. The number of hydrogen-bond donors (Lipinski definition) is 2. The van der Waals surface area contributed by atoms with E-state index in [9.17, 15) is 9.90 Å². The van der Waals surface area contributed by atoms with Crippen molar-refractivity contribution in [1.29, 1.82) is 0 Å². The minimum atomic E-state index is -0.580. The normalized spacial score (nSPS) is 10.3. The highest BCUT2D eigenvalue weighted by Crippen LogP contribution is 2.38. The van der Waals surface area contributed by atoms with E-state index < -0.39 is 5.91 Å². The first-order valence-electron chi connectivity index (χ1n) is 4.85. The number of thiazole rings is 1. The van der Waals surface area contributed by atoms with E-state index in [1.54, 1.807) is 17.5 Å². The van der Waals surface area contributed by atoms with Crippen LogP contribution in [0.3, 0.4) is 0 Å². The largest absolute Gasteiger partial charge is 0.503 e. The zero-order chi connectivity index (χ0) is 13.3.